The topological polar surface area (TPSA) is 48.7 Å². The maximum atomic E-state index is 9.28. The summed E-state index contributed by atoms with van der Waals surface area (Å²) in [5, 5.41) is 13.4. The van der Waals surface area contributed by atoms with Crippen LogP contribution in [0.3, 0.4) is 0 Å². The summed E-state index contributed by atoms with van der Waals surface area (Å²) in [6.45, 7) is 0.964. The molecule has 0 amide bonds. The Kier molecular flexibility index (Phi) is 2.54. The van der Waals surface area contributed by atoms with Crippen molar-refractivity contribution in [2.24, 2.45) is 0 Å². The first-order chi connectivity index (χ1) is 8.38. The molecule has 1 aromatic heterocycles. The molecule has 0 radical (unpaired) electrons. The van der Waals surface area contributed by atoms with Gasteiger partial charge in [-0.3, -0.25) is 0 Å². The average Bonchev–Trinajstić information content (AvgIpc) is 2.98. The maximum absolute atomic E-state index is 9.28. The molecular weight excluding hydrogens is 230 g/mol. The van der Waals surface area contributed by atoms with Crippen molar-refractivity contribution in [3.63, 3.8) is 0 Å². The Bertz CT molecular complexity index is 592. The number of para-hydroxylation sites is 1. The zero-order valence-electron chi connectivity index (χ0n) is 9.23. The molecule has 1 fully saturated rings. The fourth-order valence-electron chi connectivity index (χ4n) is 2.03. The number of hydrogen-bond donors (Lipinski definition) is 1. The average molecular weight is 241 g/mol. The van der Waals surface area contributed by atoms with Gasteiger partial charge in [-0.2, -0.15) is 5.26 Å². The minimum atomic E-state index is 0.712. The predicted octanol–water partition coefficient (Wildman–Crippen LogP) is 2.91. The van der Waals surface area contributed by atoms with Crippen LogP contribution in [0.2, 0.25) is 0 Å². The van der Waals surface area contributed by atoms with Gasteiger partial charge in [0.05, 0.1) is 10.2 Å². The normalized spacial score (nSPS) is 17.8. The lowest BCUT2D eigenvalue weighted by Gasteiger charge is -2.00. The minimum absolute atomic E-state index is 0.712. The van der Waals surface area contributed by atoms with E-state index < -0.39 is 0 Å². The molecule has 0 spiro atoms. The van der Waals surface area contributed by atoms with Crippen molar-refractivity contribution in [1.29, 1.82) is 5.26 Å². The number of thiazole rings is 1. The Morgan fingerprint density at radius 2 is 2.29 bits per heavy atom. The molecule has 0 aliphatic carbocycles. The van der Waals surface area contributed by atoms with Gasteiger partial charge in [0.15, 0.2) is 0 Å². The summed E-state index contributed by atoms with van der Waals surface area (Å²) >= 11 is 1.59. The molecule has 4 heteroatoms. The Morgan fingerprint density at radius 1 is 1.41 bits per heavy atom. The van der Waals surface area contributed by atoms with Crippen molar-refractivity contribution < 1.29 is 0 Å². The first kappa shape index (κ1) is 10.3. The van der Waals surface area contributed by atoms with Gasteiger partial charge in [-0.25, -0.2) is 4.98 Å². The maximum Gasteiger partial charge on any atom is 0.136 e. The van der Waals surface area contributed by atoms with Gasteiger partial charge in [0.25, 0.3) is 0 Å². The molecular formula is C13H11N3S. The largest absolute Gasteiger partial charge is 0.387 e. The quantitative estimate of drug-likeness (QED) is 0.781. The molecule has 0 saturated carbocycles. The van der Waals surface area contributed by atoms with E-state index in [0.29, 0.717) is 5.57 Å². The van der Waals surface area contributed by atoms with Gasteiger partial charge in [0.1, 0.15) is 16.6 Å². The summed E-state index contributed by atoms with van der Waals surface area (Å²) in [5.41, 5.74) is 2.73. The molecule has 1 N–H and O–H groups in total. The first-order valence-corrected chi connectivity index (χ1v) is 6.43. The highest BCUT2D eigenvalue weighted by atomic mass is 32.1. The van der Waals surface area contributed by atoms with Gasteiger partial charge in [-0.05, 0) is 25.0 Å². The van der Waals surface area contributed by atoms with Crippen LogP contribution in [0.4, 0.5) is 0 Å². The molecule has 1 saturated heterocycles. The van der Waals surface area contributed by atoms with Crippen LogP contribution >= 0.6 is 11.3 Å². The van der Waals surface area contributed by atoms with Crippen LogP contribution in [-0.2, 0) is 0 Å². The Labute approximate surface area is 103 Å². The van der Waals surface area contributed by atoms with Crippen molar-refractivity contribution in [3.05, 3.63) is 35.0 Å². The van der Waals surface area contributed by atoms with E-state index in [0.717, 1.165) is 40.3 Å². The molecule has 2 heterocycles. The molecule has 84 valence electrons. The Morgan fingerprint density at radius 3 is 3.00 bits per heavy atom. The van der Waals surface area contributed by atoms with Crippen LogP contribution in [0.1, 0.15) is 17.8 Å². The molecule has 3 nitrogen and oxygen atoms in total. The number of rotatable bonds is 1. The van der Waals surface area contributed by atoms with E-state index in [4.69, 9.17) is 0 Å². The first-order valence-electron chi connectivity index (χ1n) is 5.61. The van der Waals surface area contributed by atoms with E-state index in [2.05, 4.69) is 16.4 Å². The number of nitriles is 1. The molecule has 1 aliphatic heterocycles. The third-order valence-corrected chi connectivity index (χ3v) is 3.92. The molecule has 0 bridgehead atoms. The Hall–Kier alpha value is -1.86. The lowest BCUT2D eigenvalue weighted by atomic mass is 10.2. The molecule has 2 aromatic rings. The summed E-state index contributed by atoms with van der Waals surface area (Å²) < 4.78 is 1.13. The fourth-order valence-corrected chi connectivity index (χ4v) is 3.02. The van der Waals surface area contributed by atoms with Crippen LogP contribution in [0.5, 0.6) is 0 Å². The van der Waals surface area contributed by atoms with Crippen LogP contribution in [0, 0.1) is 11.3 Å². The third-order valence-electron chi connectivity index (χ3n) is 2.86. The number of nitrogens with zero attached hydrogens (tertiary/aromatic N) is 2. The van der Waals surface area contributed by atoms with Crippen molar-refractivity contribution in [1.82, 2.24) is 10.3 Å². The number of fused-ring (bicyclic) bond motifs is 1. The van der Waals surface area contributed by atoms with E-state index in [9.17, 15) is 5.26 Å². The number of allylic oxidation sites excluding steroid dienone is 2. The van der Waals surface area contributed by atoms with E-state index in [1.165, 1.54) is 0 Å². The highest BCUT2D eigenvalue weighted by Crippen LogP contribution is 2.29. The zero-order valence-corrected chi connectivity index (χ0v) is 10.0. The SMILES string of the molecule is N#C/C(=C1/CCCN1)c1nc2ccccc2s1. The number of hydrogen-bond acceptors (Lipinski definition) is 4. The summed E-state index contributed by atoms with van der Waals surface area (Å²) in [5.74, 6) is 0. The highest BCUT2D eigenvalue weighted by Gasteiger charge is 2.16. The van der Waals surface area contributed by atoms with Crippen molar-refractivity contribution >= 4 is 27.1 Å². The monoisotopic (exact) mass is 241 g/mol. The van der Waals surface area contributed by atoms with E-state index >= 15 is 0 Å². The summed E-state index contributed by atoms with van der Waals surface area (Å²) in [7, 11) is 0. The zero-order chi connectivity index (χ0) is 11.7. The van der Waals surface area contributed by atoms with Crippen molar-refractivity contribution in [2.45, 2.75) is 12.8 Å². The summed E-state index contributed by atoms with van der Waals surface area (Å²) in [6, 6.07) is 10.3. The summed E-state index contributed by atoms with van der Waals surface area (Å²) in [6.07, 6.45) is 2.06. The van der Waals surface area contributed by atoms with E-state index in [1.54, 1.807) is 11.3 Å². The second-order valence-electron chi connectivity index (χ2n) is 3.98. The molecule has 3 rings (SSSR count). The standard InChI is InChI=1S/C13H11N3S/c14-8-9(10-5-3-7-15-10)13-16-11-4-1-2-6-12(11)17-13/h1-2,4,6,15H,3,5,7H2/b10-9+. The van der Waals surface area contributed by atoms with Gasteiger partial charge in [0, 0.05) is 12.2 Å². The van der Waals surface area contributed by atoms with Crippen LogP contribution in [0.25, 0.3) is 15.8 Å². The third kappa shape index (κ3) is 1.79. The summed E-state index contributed by atoms with van der Waals surface area (Å²) in [4.78, 5) is 4.53. The van der Waals surface area contributed by atoms with Crippen LogP contribution in [0.15, 0.2) is 30.0 Å². The molecule has 1 aliphatic rings. The molecule has 1 aromatic carbocycles. The number of nitrogens with one attached hydrogen (secondary N) is 1. The number of aromatic nitrogens is 1. The molecule has 17 heavy (non-hydrogen) atoms. The van der Waals surface area contributed by atoms with Crippen molar-refractivity contribution in [2.75, 3.05) is 6.54 Å². The van der Waals surface area contributed by atoms with Gasteiger partial charge >= 0.3 is 0 Å². The van der Waals surface area contributed by atoms with Crippen LogP contribution < -0.4 is 5.32 Å². The van der Waals surface area contributed by atoms with E-state index in [1.807, 2.05) is 24.3 Å². The van der Waals surface area contributed by atoms with E-state index in [-0.39, 0.29) is 0 Å². The number of benzene rings is 1. The Balaban J connectivity index is 2.14. The van der Waals surface area contributed by atoms with Crippen molar-refractivity contribution in [3.8, 4) is 6.07 Å². The lowest BCUT2D eigenvalue weighted by Crippen LogP contribution is -2.05. The van der Waals surface area contributed by atoms with Gasteiger partial charge in [0.2, 0.25) is 0 Å². The molecule has 0 unspecified atom stereocenters. The van der Waals surface area contributed by atoms with Gasteiger partial charge in [-0.15, -0.1) is 11.3 Å². The minimum Gasteiger partial charge on any atom is -0.387 e. The van der Waals surface area contributed by atoms with Crippen LogP contribution in [-0.4, -0.2) is 11.5 Å². The molecule has 0 atom stereocenters. The smallest absolute Gasteiger partial charge is 0.136 e. The second-order valence-corrected chi connectivity index (χ2v) is 5.01. The predicted molar refractivity (Wildman–Crippen MR) is 69.4 cm³/mol. The lowest BCUT2D eigenvalue weighted by molar-refractivity contribution is 0.904. The fraction of sp³-hybridized carbons (Fsp3) is 0.231. The van der Waals surface area contributed by atoms with Gasteiger partial charge in [-0.1, -0.05) is 12.1 Å². The second kappa shape index (κ2) is 4.19. The highest BCUT2D eigenvalue weighted by molar-refractivity contribution is 7.19. The van der Waals surface area contributed by atoms with Gasteiger partial charge < -0.3 is 5.32 Å².